The summed E-state index contributed by atoms with van der Waals surface area (Å²) in [4.78, 5) is 29.4. The number of imide groups is 1. The van der Waals surface area contributed by atoms with Gasteiger partial charge in [-0.2, -0.15) is 0 Å². The van der Waals surface area contributed by atoms with Crippen molar-refractivity contribution in [2.75, 3.05) is 10.2 Å². The fourth-order valence-electron chi connectivity index (χ4n) is 2.94. The Morgan fingerprint density at radius 1 is 1.08 bits per heavy atom. The van der Waals surface area contributed by atoms with Crippen molar-refractivity contribution in [3.05, 3.63) is 58.3 Å². The third-order valence-electron chi connectivity index (χ3n) is 4.13. The van der Waals surface area contributed by atoms with Gasteiger partial charge >= 0.3 is 0 Å². The molecule has 6 heteroatoms. The van der Waals surface area contributed by atoms with Gasteiger partial charge < -0.3 is 10.3 Å². The largest absolute Gasteiger partial charge is 0.373 e. The number of aromatic amines is 1. The summed E-state index contributed by atoms with van der Waals surface area (Å²) in [5.74, 6) is -0.396. The zero-order valence-electron chi connectivity index (χ0n) is 12.6. The molecule has 0 spiro atoms. The van der Waals surface area contributed by atoms with Crippen LogP contribution in [0.15, 0.2) is 54.7 Å². The molecule has 5 nitrogen and oxygen atoms in total. The number of hydrogen-bond acceptors (Lipinski definition) is 3. The summed E-state index contributed by atoms with van der Waals surface area (Å²) in [5.41, 5.74) is 2.43. The first kappa shape index (κ1) is 15.2. The first-order chi connectivity index (χ1) is 11.6. The maximum absolute atomic E-state index is 12.7. The van der Waals surface area contributed by atoms with Gasteiger partial charge in [-0.3, -0.25) is 9.59 Å². The van der Waals surface area contributed by atoms with E-state index in [9.17, 15) is 9.59 Å². The first-order valence-electron chi connectivity index (χ1n) is 7.58. The summed E-state index contributed by atoms with van der Waals surface area (Å²) in [7, 11) is 0. The minimum atomic E-state index is -0.538. The minimum absolute atomic E-state index is 0.160. The van der Waals surface area contributed by atoms with Gasteiger partial charge in [0.1, 0.15) is 6.04 Å². The number of anilines is 2. The fourth-order valence-corrected chi connectivity index (χ4v) is 3.30. The van der Waals surface area contributed by atoms with Crippen LogP contribution in [0.5, 0.6) is 0 Å². The van der Waals surface area contributed by atoms with Crippen LogP contribution in [-0.2, 0) is 9.59 Å². The monoisotopic (exact) mass is 431 g/mol. The van der Waals surface area contributed by atoms with Gasteiger partial charge in [0.05, 0.1) is 12.1 Å². The molecule has 3 aromatic rings. The molecular formula is C18H14IN3O2. The van der Waals surface area contributed by atoms with Crippen LogP contribution in [0.2, 0.25) is 0 Å². The Kier molecular flexibility index (Phi) is 3.76. The molecule has 1 aromatic heterocycles. The van der Waals surface area contributed by atoms with E-state index < -0.39 is 6.04 Å². The number of H-pyrrole nitrogens is 1. The zero-order valence-corrected chi connectivity index (χ0v) is 14.8. The summed E-state index contributed by atoms with van der Waals surface area (Å²) < 4.78 is 1.06. The lowest BCUT2D eigenvalue weighted by atomic mass is 10.2. The number of amides is 2. The topological polar surface area (TPSA) is 65.2 Å². The SMILES string of the molecule is O=C1C[C@H](Nc2ccc3cc[nH]c3c2)C(=O)N1c1ccc(I)cc1. The zero-order chi connectivity index (χ0) is 16.7. The van der Waals surface area contributed by atoms with Crippen molar-refractivity contribution in [1.82, 2.24) is 4.98 Å². The minimum Gasteiger partial charge on any atom is -0.373 e. The van der Waals surface area contributed by atoms with Crippen LogP contribution in [0, 0.1) is 3.57 Å². The molecular weight excluding hydrogens is 417 g/mol. The van der Waals surface area contributed by atoms with E-state index in [1.165, 1.54) is 4.90 Å². The Bertz CT molecular complexity index is 933. The lowest BCUT2D eigenvalue weighted by molar-refractivity contribution is -0.121. The molecule has 0 saturated carbocycles. The van der Waals surface area contributed by atoms with E-state index in [-0.39, 0.29) is 18.2 Å². The molecule has 2 N–H and O–H groups in total. The highest BCUT2D eigenvalue weighted by Crippen LogP contribution is 2.26. The third-order valence-corrected chi connectivity index (χ3v) is 4.85. The van der Waals surface area contributed by atoms with Crippen LogP contribution in [0.1, 0.15) is 6.42 Å². The van der Waals surface area contributed by atoms with Crippen molar-refractivity contribution in [2.45, 2.75) is 12.5 Å². The van der Waals surface area contributed by atoms with Crippen LogP contribution in [0.3, 0.4) is 0 Å². The van der Waals surface area contributed by atoms with Crippen LogP contribution in [0.4, 0.5) is 11.4 Å². The second-order valence-electron chi connectivity index (χ2n) is 5.72. The molecule has 1 saturated heterocycles. The van der Waals surface area contributed by atoms with E-state index in [1.807, 2.05) is 42.6 Å². The van der Waals surface area contributed by atoms with Gasteiger partial charge in [0, 0.05) is 21.0 Å². The summed E-state index contributed by atoms with van der Waals surface area (Å²) in [6.45, 7) is 0. The van der Waals surface area contributed by atoms with E-state index in [2.05, 4.69) is 32.9 Å². The van der Waals surface area contributed by atoms with Crippen molar-refractivity contribution in [3.63, 3.8) is 0 Å². The van der Waals surface area contributed by atoms with Crippen LogP contribution < -0.4 is 10.2 Å². The number of nitrogens with one attached hydrogen (secondary N) is 2. The number of fused-ring (bicyclic) bond motifs is 1. The number of hydrogen-bond donors (Lipinski definition) is 2. The normalized spacial score (nSPS) is 17.7. The van der Waals surface area contributed by atoms with Crippen molar-refractivity contribution < 1.29 is 9.59 Å². The average molecular weight is 431 g/mol. The Morgan fingerprint density at radius 2 is 1.88 bits per heavy atom. The van der Waals surface area contributed by atoms with Gasteiger partial charge in [-0.05, 0) is 70.4 Å². The molecule has 2 amide bonds. The van der Waals surface area contributed by atoms with Crippen molar-refractivity contribution in [3.8, 4) is 0 Å². The highest BCUT2D eigenvalue weighted by Gasteiger charge is 2.39. The van der Waals surface area contributed by atoms with E-state index >= 15 is 0 Å². The standard InChI is InChI=1S/C18H14IN3O2/c19-12-2-5-14(6-3-12)22-17(23)10-16(18(22)24)21-13-4-1-11-7-8-20-15(11)9-13/h1-9,16,20-21H,10H2/t16-/m0/s1. The Morgan fingerprint density at radius 3 is 2.67 bits per heavy atom. The van der Waals surface area contributed by atoms with Crippen LogP contribution >= 0.6 is 22.6 Å². The van der Waals surface area contributed by atoms with E-state index in [4.69, 9.17) is 0 Å². The average Bonchev–Trinajstić information content (AvgIpc) is 3.13. The van der Waals surface area contributed by atoms with Gasteiger partial charge in [0.15, 0.2) is 0 Å². The number of benzene rings is 2. The molecule has 0 radical (unpaired) electrons. The Balaban J connectivity index is 1.57. The summed E-state index contributed by atoms with van der Waals surface area (Å²) in [5, 5.41) is 4.29. The van der Waals surface area contributed by atoms with E-state index in [0.717, 1.165) is 20.2 Å². The number of nitrogens with zero attached hydrogens (tertiary/aromatic N) is 1. The predicted octanol–water partition coefficient (Wildman–Crippen LogP) is 3.52. The number of carbonyl (C=O) groups excluding carboxylic acids is 2. The molecule has 0 aliphatic carbocycles. The van der Waals surface area contributed by atoms with Crippen molar-refractivity contribution >= 4 is 56.7 Å². The molecule has 0 unspecified atom stereocenters. The van der Waals surface area contributed by atoms with E-state index in [1.54, 1.807) is 12.1 Å². The third kappa shape index (κ3) is 2.66. The second-order valence-corrected chi connectivity index (χ2v) is 6.97. The fraction of sp³-hybridized carbons (Fsp3) is 0.111. The van der Waals surface area contributed by atoms with Gasteiger partial charge in [0.25, 0.3) is 5.91 Å². The van der Waals surface area contributed by atoms with Crippen molar-refractivity contribution in [1.29, 1.82) is 0 Å². The highest BCUT2D eigenvalue weighted by atomic mass is 127. The van der Waals surface area contributed by atoms with Crippen LogP contribution in [0.25, 0.3) is 10.9 Å². The predicted molar refractivity (Wildman–Crippen MR) is 102 cm³/mol. The Hall–Kier alpha value is -2.35. The molecule has 1 aliphatic heterocycles. The van der Waals surface area contributed by atoms with Gasteiger partial charge in [-0.15, -0.1) is 0 Å². The maximum atomic E-state index is 12.7. The van der Waals surface area contributed by atoms with Gasteiger partial charge in [0.2, 0.25) is 5.91 Å². The quantitative estimate of drug-likeness (QED) is 0.493. The first-order valence-corrected chi connectivity index (χ1v) is 8.66. The smallest absolute Gasteiger partial charge is 0.256 e. The Labute approximate surface area is 152 Å². The molecule has 24 heavy (non-hydrogen) atoms. The number of halogens is 1. The second kappa shape index (κ2) is 5.94. The summed E-state index contributed by atoms with van der Waals surface area (Å²) in [6.07, 6.45) is 2.03. The molecule has 0 bridgehead atoms. The van der Waals surface area contributed by atoms with Gasteiger partial charge in [-0.1, -0.05) is 6.07 Å². The molecule has 4 rings (SSSR count). The highest BCUT2D eigenvalue weighted by molar-refractivity contribution is 14.1. The molecule has 1 aliphatic rings. The summed E-state index contributed by atoms with van der Waals surface area (Å²) >= 11 is 2.19. The molecule has 1 atom stereocenters. The maximum Gasteiger partial charge on any atom is 0.256 e. The molecule has 1 fully saturated rings. The molecule has 120 valence electrons. The lowest BCUT2D eigenvalue weighted by Gasteiger charge is -2.16. The molecule has 2 aromatic carbocycles. The number of rotatable bonds is 3. The van der Waals surface area contributed by atoms with Crippen LogP contribution in [-0.4, -0.2) is 22.8 Å². The summed E-state index contributed by atoms with van der Waals surface area (Å²) in [6, 6.07) is 14.7. The van der Waals surface area contributed by atoms with Gasteiger partial charge in [-0.25, -0.2) is 4.90 Å². The number of carbonyl (C=O) groups is 2. The number of aromatic nitrogens is 1. The van der Waals surface area contributed by atoms with E-state index in [0.29, 0.717) is 5.69 Å². The molecule has 2 heterocycles. The van der Waals surface area contributed by atoms with Crippen molar-refractivity contribution in [2.24, 2.45) is 0 Å². The lowest BCUT2D eigenvalue weighted by Crippen LogP contribution is -2.34.